The maximum Gasteiger partial charge on any atom is 0.0794 e. The topological polar surface area (TPSA) is 37.8 Å². The van der Waals surface area contributed by atoms with Crippen LogP contribution in [0.1, 0.15) is 23.5 Å². The summed E-state index contributed by atoms with van der Waals surface area (Å²) in [5, 5.41) is 3.46. The molecule has 0 amide bonds. The van der Waals surface area contributed by atoms with E-state index in [1.807, 2.05) is 30.0 Å². The Morgan fingerprint density at radius 3 is 3.00 bits per heavy atom. The highest BCUT2D eigenvalue weighted by Crippen LogP contribution is 2.20. The molecule has 0 bridgehead atoms. The maximum atomic E-state index is 4.35. The van der Waals surface area contributed by atoms with Gasteiger partial charge in [-0.2, -0.15) is 0 Å². The first-order chi connectivity index (χ1) is 7.90. The SMILES string of the molecule is CCNC(Cc1ccccn1)c1cncs1. The molecule has 2 aromatic heterocycles. The monoisotopic (exact) mass is 233 g/mol. The van der Waals surface area contributed by atoms with Crippen molar-refractivity contribution in [3.63, 3.8) is 0 Å². The molecule has 0 saturated carbocycles. The Bertz CT molecular complexity index is 399. The molecule has 0 aliphatic heterocycles. The standard InChI is InChI=1S/C12H15N3S/c1-2-14-11(12-8-13-9-16-12)7-10-5-3-4-6-15-10/h3-6,8-9,11,14H,2,7H2,1H3. The second-order valence-corrected chi connectivity index (χ2v) is 4.46. The molecule has 1 atom stereocenters. The van der Waals surface area contributed by atoms with Gasteiger partial charge in [0, 0.05) is 35.4 Å². The van der Waals surface area contributed by atoms with Gasteiger partial charge in [-0.1, -0.05) is 13.0 Å². The zero-order chi connectivity index (χ0) is 11.2. The van der Waals surface area contributed by atoms with Crippen LogP contribution in [0.3, 0.4) is 0 Å². The fourth-order valence-corrected chi connectivity index (χ4v) is 2.34. The minimum absolute atomic E-state index is 0.326. The van der Waals surface area contributed by atoms with E-state index in [1.165, 1.54) is 4.88 Å². The number of thiazole rings is 1. The Hall–Kier alpha value is -1.26. The van der Waals surface area contributed by atoms with E-state index in [9.17, 15) is 0 Å². The molecule has 1 N–H and O–H groups in total. The largest absolute Gasteiger partial charge is 0.309 e. The van der Waals surface area contributed by atoms with Crippen molar-refractivity contribution >= 4 is 11.3 Å². The minimum atomic E-state index is 0.326. The molecule has 3 nitrogen and oxygen atoms in total. The highest BCUT2D eigenvalue weighted by Gasteiger charge is 2.12. The van der Waals surface area contributed by atoms with Crippen LogP contribution in [0.4, 0.5) is 0 Å². The molecule has 1 unspecified atom stereocenters. The van der Waals surface area contributed by atoms with Crippen molar-refractivity contribution in [3.8, 4) is 0 Å². The van der Waals surface area contributed by atoms with E-state index in [0.29, 0.717) is 6.04 Å². The molecule has 0 fully saturated rings. The molecule has 4 heteroatoms. The Labute approximate surface area is 99.6 Å². The van der Waals surface area contributed by atoms with E-state index < -0.39 is 0 Å². The summed E-state index contributed by atoms with van der Waals surface area (Å²) in [5.74, 6) is 0. The van der Waals surface area contributed by atoms with Crippen molar-refractivity contribution in [1.29, 1.82) is 0 Å². The quantitative estimate of drug-likeness (QED) is 0.862. The molecule has 2 aromatic rings. The normalized spacial score (nSPS) is 12.6. The van der Waals surface area contributed by atoms with Gasteiger partial charge in [0.05, 0.1) is 5.51 Å². The lowest BCUT2D eigenvalue weighted by Gasteiger charge is -2.15. The van der Waals surface area contributed by atoms with Crippen LogP contribution in [-0.2, 0) is 6.42 Å². The predicted molar refractivity (Wildman–Crippen MR) is 66.5 cm³/mol. The number of hydrogen-bond donors (Lipinski definition) is 1. The third kappa shape index (κ3) is 2.87. The predicted octanol–water partition coefficient (Wildman–Crippen LogP) is 2.43. The molecule has 0 radical (unpaired) electrons. The molecule has 0 saturated heterocycles. The van der Waals surface area contributed by atoms with Gasteiger partial charge in [0.25, 0.3) is 0 Å². The summed E-state index contributed by atoms with van der Waals surface area (Å²) < 4.78 is 0. The maximum absolute atomic E-state index is 4.35. The number of pyridine rings is 1. The summed E-state index contributed by atoms with van der Waals surface area (Å²) in [6.45, 7) is 3.07. The average molecular weight is 233 g/mol. The summed E-state index contributed by atoms with van der Waals surface area (Å²) in [6.07, 6.45) is 4.68. The Morgan fingerprint density at radius 1 is 1.44 bits per heavy atom. The van der Waals surface area contributed by atoms with Crippen LogP contribution in [0.15, 0.2) is 36.1 Å². The number of aromatic nitrogens is 2. The molecule has 2 rings (SSSR count). The van der Waals surface area contributed by atoms with Crippen LogP contribution in [0, 0.1) is 0 Å². The van der Waals surface area contributed by atoms with Gasteiger partial charge in [-0.3, -0.25) is 9.97 Å². The lowest BCUT2D eigenvalue weighted by molar-refractivity contribution is 0.551. The molecular weight excluding hydrogens is 218 g/mol. The van der Waals surface area contributed by atoms with Crippen molar-refractivity contribution in [2.45, 2.75) is 19.4 Å². The fraction of sp³-hybridized carbons (Fsp3) is 0.333. The number of likely N-dealkylation sites (N-methyl/N-ethyl adjacent to an activating group) is 1. The fourth-order valence-electron chi connectivity index (χ4n) is 1.65. The van der Waals surface area contributed by atoms with Crippen LogP contribution in [0.2, 0.25) is 0 Å². The number of rotatable bonds is 5. The smallest absolute Gasteiger partial charge is 0.0794 e. The Morgan fingerprint density at radius 2 is 2.38 bits per heavy atom. The number of hydrogen-bond acceptors (Lipinski definition) is 4. The second kappa shape index (κ2) is 5.72. The molecule has 16 heavy (non-hydrogen) atoms. The third-order valence-corrected chi connectivity index (χ3v) is 3.27. The van der Waals surface area contributed by atoms with E-state index in [1.54, 1.807) is 11.3 Å². The van der Waals surface area contributed by atoms with Gasteiger partial charge in [0.2, 0.25) is 0 Å². The lowest BCUT2D eigenvalue weighted by atomic mass is 10.1. The van der Waals surface area contributed by atoms with Gasteiger partial charge in [0.15, 0.2) is 0 Å². The van der Waals surface area contributed by atoms with Crippen LogP contribution in [0.25, 0.3) is 0 Å². The second-order valence-electron chi connectivity index (χ2n) is 3.54. The van der Waals surface area contributed by atoms with E-state index in [-0.39, 0.29) is 0 Å². The van der Waals surface area contributed by atoms with Gasteiger partial charge < -0.3 is 5.32 Å². The first-order valence-corrected chi connectivity index (χ1v) is 6.29. The number of nitrogens with zero attached hydrogens (tertiary/aromatic N) is 2. The van der Waals surface area contributed by atoms with Gasteiger partial charge in [-0.15, -0.1) is 11.3 Å². The van der Waals surface area contributed by atoms with Crippen LogP contribution in [0.5, 0.6) is 0 Å². The third-order valence-electron chi connectivity index (χ3n) is 2.38. The lowest BCUT2D eigenvalue weighted by Crippen LogP contribution is -2.22. The summed E-state index contributed by atoms with van der Waals surface area (Å²) in [6, 6.07) is 6.36. The van der Waals surface area contributed by atoms with Crippen molar-refractivity contribution < 1.29 is 0 Å². The molecule has 0 spiro atoms. The van der Waals surface area contributed by atoms with Crippen molar-refractivity contribution in [1.82, 2.24) is 15.3 Å². The first kappa shape index (κ1) is 11.2. The highest BCUT2D eigenvalue weighted by molar-refractivity contribution is 7.09. The summed E-state index contributed by atoms with van der Waals surface area (Å²) >= 11 is 1.69. The van der Waals surface area contributed by atoms with Gasteiger partial charge >= 0.3 is 0 Å². The van der Waals surface area contributed by atoms with Crippen molar-refractivity contribution in [2.24, 2.45) is 0 Å². The molecule has 2 heterocycles. The van der Waals surface area contributed by atoms with E-state index in [4.69, 9.17) is 0 Å². The molecule has 0 aliphatic carbocycles. The molecule has 0 aromatic carbocycles. The van der Waals surface area contributed by atoms with Crippen molar-refractivity contribution in [3.05, 3.63) is 46.7 Å². The zero-order valence-corrected chi connectivity index (χ0v) is 10.1. The number of nitrogens with one attached hydrogen (secondary N) is 1. The molecule has 84 valence electrons. The Kier molecular flexibility index (Phi) is 4.02. The van der Waals surface area contributed by atoms with Crippen LogP contribution < -0.4 is 5.32 Å². The van der Waals surface area contributed by atoms with Crippen LogP contribution >= 0.6 is 11.3 Å². The minimum Gasteiger partial charge on any atom is -0.309 e. The van der Waals surface area contributed by atoms with Gasteiger partial charge in [0.1, 0.15) is 0 Å². The van der Waals surface area contributed by atoms with Gasteiger partial charge in [-0.05, 0) is 18.7 Å². The summed E-state index contributed by atoms with van der Waals surface area (Å²) in [4.78, 5) is 9.75. The van der Waals surface area contributed by atoms with E-state index in [0.717, 1.165) is 18.7 Å². The Balaban J connectivity index is 2.09. The molecular formula is C12H15N3S. The zero-order valence-electron chi connectivity index (χ0n) is 9.26. The van der Waals surface area contributed by atoms with E-state index >= 15 is 0 Å². The summed E-state index contributed by atoms with van der Waals surface area (Å²) in [7, 11) is 0. The molecule has 0 aliphatic rings. The highest BCUT2D eigenvalue weighted by atomic mass is 32.1. The van der Waals surface area contributed by atoms with Crippen molar-refractivity contribution in [2.75, 3.05) is 6.54 Å². The average Bonchev–Trinajstić information content (AvgIpc) is 2.83. The summed E-state index contributed by atoms with van der Waals surface area (Å²) in [5.41, 5.74) is 2.99. The van der Waals surface area contributed by atoms with Gasteiger partial charge in [-0.25, -0.2) is 0 Å². The first-order valence-electron chi connectivity index (χ1n) is 5.42. The van der Waals surface area contributed by atoms with E-state index in [2.05, 4.69) is 28.3 Å². The van der Waals surface area contributed by atoms with Crippen LogP contribution in [-0.4, -0.2) is 16.5 Å².